The minimum atomic E-state index is 0.194. The van der Waals surface area contributed by atoms with E-state index in [2.05, 4.69) is 6.92 Å². The van der Waals surface area contributed by atoms with E-state index in [-0.39, 0.29) is 5.91 Å². The summed E-state index contributed by atoms with van der Waals surface area (Å²) in [6.45, 7) is 4.40. The van der Waals surface area contributed by atoms with Gasteiger partial charge in [-0.3, -0.25) is 4.79 Å². The van der Waals surface area contributed by atoms with Crippen molar-refractivity contribution in [3.63, 3.8) is 0 Å². The molecule has 2 N–H and O–H groups in total. The summed E-state index contributed by atoms with van der Waals surface area (Å²) < 4.78 is 5.54. The number of benzene rings is 1. The van der Waals surface area contributed by atoms with E-state index >= 15 is 0 Å². The molecule has 1 aromatic rings. The van der Waals surface area contributed by atoms with Gasteiger partial charge in [-0.05, 0) is 24.5 Å². The molecule has 1 fully saturated rings. The molecular formula is C15H22N2O2. The Labute approximate surface area is 114 Å². The molecule has 19 heavy (non-hydrogen) atoms. The molecule has 2 rings (SSSR count). The van der Waals surface area contributed by atoms with E-state index in [0.717, 1.165) is 31.7 Å². The van der Waals surface area contributed by atoms with Gasteiger partial charge in [0.25, 0.3) is 0 Å². The Balaban J connectivity index is 1.72. The maximum Gasteiger partial charge on any atom is 0.226 e. The second kappa shape index (κ2) is 6.45. The Hall–Kier alpha value is -1.71. The van der Waals surface area contributed by atoms with Gasteiger partial charge >= 0.3 is 0 Å². The predicted octanol–water partition coefficient (Wildman–Crippen LogP) is 2.30. The summed E-state index contributed by atoms with van der Waals surface area (Å²) in [4.78, 5) is 13.9. The number of likely N-dealkylation sites (tertiary alicyclic amines) is 1. The molecule has 104 valence electrons. The number of nitrogens with two attached hydrogens (primary N) is 1. The van der Waals surface area contributed by atoms with E-state index in [0.29, 0.717) is 24.6 Å². The minimum absolute atomic E-state index is 0.194. The SMILES string of the molecule is CCC1CCN(C(=O)CCOc2cccc(N)c2)C1. The smallest absolute Gasteiger partial charge is 0.226 e. The van der Waals surface area contributed by atoms with Gasteiger partial charge in [0.1, 0.15) is 5.75 Å². The van der Waals surface area contributed by atoms with Crippen molar-refractivity contribution in [3.8, 4) is 5.75 Å². The second-order valence-corrected chi connectivity index (χ2v) is 5.07. The van der Waals surface area contributed by atoms with E-state index in [1.165, 1.54) is 0 Å². The number of nitrogen functional groups attached to an aromatic ring is 1. The molecule has 1 aliphatic rings. The first-order chi connectivity index (χ1) is 9.19. The highest BCUT2D eigenvalue weighted by Crippen LogP contribution is 2.20. The largest absolute Gasteiger partial charge is 0.493 e. The van der Waals surface area contributed by atoms with Gasteiger partial charge in [-0.1, -0.05) is 19.4 Å². The van der Waals surface area contributed by atoms with Crippen LogP contribution in [-0.4, -0.2) is 30.5 Å². The van der Waals surface area contributed by atoms with Gasteiger partial charge in [0.2, 0.25) is 5.91 Å². The summed E-state index contributed by atoms with van der Waals surface area (Å²) in [7, 11) is 0. The first-order valence-electron chi connectivity index (χ1n) is 6.95. The van der Waals surface area contributed by atoms with Crippen LogP contribution in [-0.2, 0) is 4.79 Å². The molecular weight excluding hydrogens is 240 g/mol. The number of carbonyl (C=O) groups excluding carboxylic acids is 1. The predicted molar refractivity (Wildman–Crippen MR) is 75.9 cm³/mol. The summed E-state index contributed by atoms with van der Waals surface area (Å²) in [6, 6.07) is 7.28. The van der Waals surface area contributed by atoms with Crippen LogP contribution in [0.5, 0.6) is 5.75 Å². The molecule has 1 aliphatic heterocycles. The number of hydrogen-bond donors (Lipinski definition) is 1. The van der Waals surface area contributed by atoms with E-state index in [1.54, 1.807) is 6.07 Å². The molecule has 0 bridgehead atoms. The molecule has 4 nitrogen and oxygen atoms in total. The fraction of sp³-hybridized carbons (Fsp3) is 0.533. The van der Waals surface area contributed by atoms with Crippen molar-refractivity contribution in [2.24, 2.45) is 5.92 Å². The number of anilines is 1. The first kappa shape index (κ1) is 13.7. The van der Waals surface area contributed by atoms with Crippen LogP contribution in [0.4, 0.5) is 5.69 Å². The Morgan fingerprint density at radius 3 is 3.05 bits per heavy atom. The zero-order chi connectivity index (χ0) is 13.7. The lowest BCUT2D eigenvalue weighted by molar-refractivity contribution is -0.130. The fourth-order valence-corrected chi connectivity index (χ4v) is 2.41. The third-order valence-corrected chi connectivity index (χ3v) is 3.66. The number of nitrogens with zero attached hydrogens (tertiary/aromatic N) is 1. The van der Waals surface area contributed by atoms with Crippen molar-refractivity contribution in [3.05, 3.63) is 24.3 Å². The highest BCUT2D eigenvalue weighted by Gasteiger charge is 2.24. The van der Waals surface area contributed by atoms with E-state index in [9.17, 15) is 4.79 Å². The molecule has 1 amide bonds. The zero-order valence-corrected chi connectivity index (χ0v) is 11.5. The molecule has 1 heterocycles. The lowest BCUT2D eigenvalue weighted by atomic mass is 10.1. The average Bonchev–Trinajstić information content (AvgIpc) is 2.87. The molecule has 1 aromatic carbocycles. The van der Waals surface area contributed by atoms with Crippen molar-refractivity contribution in [1.29, 1.82) is 0 Å². The molecule has 0 aliphatic carbocycles. The van der Waals surface area contributed by atoms with Crippen molar-refractivity contribution < 1.29 is 9.53 Å². The Kier molecular flexibility index (Phi) is 4.66. The second-order valence-electron chi connectivity index (χ2n) is 5.07. The monoisotopic (exact) mass is 262 g/mol. The van der Waals surface area contributed by atoms with Crippen LogP contribution in [0.1, 0.15) is 26.2 Å². The van der Waals surface area contributed by atoms with Crippen molar-refractivity contribution in [2.75, 3.05) is 25.4 Å². The van der Waals surface area contributed by atoms with E-state index in [1.807, 2.05) is 23.1 Å². The molecule has 1 unspecified atom stereocenters. The quantitative estimate of drug-likeness (QED) is 0.828. The molecule has 1 atom stereocenters. The fourth-order valence-electron chi connectivity index (χ4n) is 2.41. The highest BCUT2D eigenvalue weighted by molar-refractivity contribution is 5.76. The van der Waals surface area contributed by atoms with Crippen LogP contribution in [0.3, 0.4) is 0 Å². The Morgan fingerprint density at radius 2 is 2.37 bits per heavy atom. The lowest BCUT2D eigenvalue weighted by Crippen LogP contribution is -2.29. The standard InChI is InChI=1S/C15H22N2O2/c1-2-12-6-8-17(11-12)15(18)7-9-19-14-5-3-4-13(16)10-14/h3-5,10,12H,2,6-9,11,16H2,1H3. The van der Waals surface area contributed by atoms with E-state index in [4.69, 9.17) is 10.5 Å². The normalized spacial score (nSPS) is 18.6. The number of rotatable bonds is 5. The highest BCUT2D eigenvalue weighted by atomic mass is 16.5. The minimum Gasteiger partial charge on any atom is -0.493 e. The van der Waals surface area contributed by atoms with Gasteiger partial charge in [-0.15, -0.1) is 0 Å². The van der Waals surface area contributed by atoms with Crippen LogP contribution in [0, 0.1) is 5.92 Å². The van der Waals surface area contributed by atoms with Gasteiger partial charge < -0.3 is 15.4 Å². The number of ether oxygens (including phenoxy) is 1. The number of carbonyl (C=O) groups is 1. The summed E-state index contributed by atoms with van der Waals surface area (Å²) in [5.41, 5.74) is 6.34. The maximum absolute atomic E-state index is 12.0. The van der Waals surface area contributed by atoms with Crippen LogP contribution in [0.2, 0.25) is 0 Å². The lowest BCUT2D eigenvalue weighted by Gasteiger charge is -2.16. The summed E-state index contributed by atoms with van der Waals surface area (Å²) in [6.07, 6.45) is 2.73. The van der Waals surface area contributed by atoms with Gasteiger partial charge in [0.05, 0.1) is 13.0 Å². The van der Waals surface area contributed by atoms with Crippen LogP contribution in [0.15, 0.2) is 24.3 Å². The van der Waals surface area contributed by atoms with Crippen molar-refractivity contribution >= 4 is 11.6 Å². The number of amides is 1. The van der Waals surface area contributed by atoms with Crippen LogP contribution >= 0.6 is 0 Å². The van der Waals surface area contributed by atoms with Gasteiger partial charge in [-0.25, -0.2) is 0 Å². The average molecular weight is 262 g/mol. The molecule has 0 radical (unpaired) electrons. The van der Waals surface area contributed by atoms with Crippen LogP contribution in [0.25, 0.3) is 0 Å². The molecule has 0 spiro atoms. The third kappa shape index (κ3) is 3.88. The van der Waals surface area contributed by atoms with E-state index < -0.39 is 0 Å². The maximum atomic E-state index is 12.0. The Morgan fingerprint density at radius 1 is 1.53 bits per heavy atom. The third-order valence-electron chi connectivity index (χ3n) is 3.66. The molecule has 0 aromatic heterocycles. The zero-order valence-electron chi connectivity index (χ0n) is 11.5. The topological polar surface area (TPSA) is 55.6 Å². The van der Waals surface area contributed by atoms with Gasteiger partial charge in [0, 0.05) is 24.8 Å². The molecule has 4 heteroatoms. The summed E-state index contributed by atoms with van der Waals surface area (Å²) >= 11 is 0. The first-order valence-corrected chi connectivity index (χ1v) is 6.95. The summed E-state index contributed by atoms with van der Waals surface area (Å²) in [5.74, 6) is 1.60. The Bertz CT molecular complexity index is 434. The number of hydrogen-bond acceptors (Lipinski definition) is 3. The molecule has 1 saturated heterocycles. The van der Waals surface area contributed by atoms with Crippen molar-refractivity contribution in [1.82, 2.24) is 4.90 Å². The summed E-state index contributed by atoms with van der Waals surface area (Å²) in [5, 5.41) is 0. The van der Waals surface area contributed by atoms with Gasteiger partial charge in [0.15, 0.2) is 0 Å². The van der Waals surface area contributed by atoms with Crippen molar-refractivity contribution in [2.45, 2.75) is 26.2 Å². The molecule has 0 saturated carbocycles. The van der Waals surface area contributed by atoms with Gasteiger partial charge in [-0.2, -0.15) is 0 Å². The van der Waals surface area contributed by atoms with Crippen LogP contribution < -0.4 is 10.5 Å².